The van der Waals surface area contributed by atoms with Gasteiger partial charge in [0, 0.05) is 3.57 Å². The van der Waals surface area contributed by atoms with Gasteiger partial charge in [-0.3, -0.25) is 0 Å². The molecule has 0 aliphatic rings. The van der Waals surface area contributed by atoms with Crippen LogP contribution in [0.1, 0.15) is 33.9 Å². The largest absolute Gasteiger partial charge is 0.309 e. The summed E-state index contributed by atoms with van der Waals surface area (Å²) in [7, 11) is 1.95. The average molecular weight is 383 g/mol. The van der Waals surface area contributed by atoms with Gasteiger partial charge in [0.05, 0.1) is 6.04 Å². The minimum absolute atomic E-state index is 0.0862. The zero-order chi connectivity index (χ0) is 14.9. The Balaban J connectivity index is 2.58. The highest BCUT2D eigenvalue weighted by atomic mass is 127. The van der Waals surface area contributed by atoms with Crippen LogP contribution in [0.5, 0.6) is 0 Å². The summed E-state index contributed by atoms with van der Waals surface area (Å²) in [5.41, 5.74) is 6.20. The van der Waals surface area contributed by atoms with Crippen molar-refractivity contribution in [3.05, 3.63) is 67.5 Å². The van der Waals surface area contributed by atoms with Crippen molar-refractivity contribution in [1.29, 1.82) is 0 Å². The van der Waals surface area contributed by atoms with Crippen LogP contribution in [0.25, 0.3) is 0 Å². The summed E-state index contributed by atoms with van der Waals surface area (Å²) in [6.45, 7) is 6.38. The number of rotatable bonds is 3. The van der Waals surface area contributed by atoms with E-state index in [1.54, 1.807) is 6.07 Å². The van der Waals surface area contributed by atoms with Crippen LogP contribution in [-0.4, -0.2) is 7.05 Å². The van der Waals surface area contributed by atoms with Gasteiger partial charge in [-0.25, -0.2) is 4.39 Å². The Morgan fingerprint density at radius 1 is 1.05 bits per heavy atom. The first-order chi connectivity index (χ1) is 9.43. The number of hydrogen-bond donors (Lipinski definition) is 1. The van der Waals surface area contributed by atoms with Crippen molar-refractivity contribution in [2.75, 3.05) is 7.05 Å². The molecule has 0 fully saturated rings. The van der Waals surface area contributed by atoms with Gasteiger partial charge in [-0.2, -0.15) is 0 Å². The fraction of sp³-hybridized carbons (Fsp3) is 0.294. The Bertz CT molecular complexity index is 614. The molecule has 1 N–H and O–H groups in total. The molecule has 1 nitrogen and oxygen atoms in total. The lowest BCUT2D eigenvalue weighted by molar-refractivity contribution is 0.621. The van der Waals surface area contributed by atoms with Crippen molar-refractivity contribution < 1.29 is 4.39 Å². The molecule has 0 heterocycles. The van der Waals surface area contributed by atoms with Gasteiger partial charge < -0.3 is 5.32 Å². The van der Waals surface area contributed by atoms with Gasteiger partial charge in [-0.05, 0) is 84.8 Å². The molecular weight excluding hydrogens is 364 g/mol. The second-order valence-electron chi connectivity index (χ2n) is 5.20. The number of hydrogen-bond acceptors (Lipinski definition) is 1. The van der Waals surface area contributed by atoms with Crippen LogP contribution in [0.4, 0.5) is 4.39 Å². The third-order valence-corrected chi connectivity index (χ3v) is 4.52. The van der Waals surface area contributed by atoms with Crippen molar-refractivity contribution >= 4 is 22.6 Å². The van der Waals surface area contributed by atoms with Gasteiger partial charge in [0.1, 0.15) is 5.82 Å². The molecule has 0 saturated carbocycles. The summed E-state index contributed by atoms with van der Waals surface area (Å²) in [4.78, 5) is 0. The molecule has 2 aromatic carbocycles. The molecule has 2 aromatic rings. The molecule has 0 radical (unpaired) electrons. The zero-order valence-corrected chi connectivity index (χ0v) is 14.4. The minimum atomic E-state index is -0.189. The summed E-state index contributed by atoms with van der Waals surface area (Å²) < 4.78 is 14.2. The van der Waals surface area contributed by atoms with Crippen molar-refractivity contribution in [1.82, 2.24) is 5.32 Å². The minimum Gasteiger partial charge on any atom is -0.309 e. The van der Waals surface area contributed by atoms with Gasteiger partial charge in [0.15, 0.2) is 0 Å². The second-order valence-corrected chi connectivity index (χ2v) is 6.36. The van der Waals surface area contributed by atoms with Crippen molar-refractivity contribution in [3.8, 4) is 0 Å². The lowest BCUT2D eigenvalue weighted by Crippen LogP contribution is -2.21. The van der Waals surface area contributed by atoms with E-state index in [9.17, 15) is 4.39 Å². The summed E-state index contributed by atoms with van der Waals surface area (Å²) in [6.07, 6.45) is 0. The first-order valence-corrected chi connectivity index (χ1v) is 7.72. The molecule has 106 valence electrons. The number of benzene rings is 2. The van der Waals surface area contributed by atoms with Gasteiger partial charge in [-0.1, -0.05) is 23.8 Å². The van der Waals surface area contributed by atoms with E-state index in [1.165, 1.54) is 28.3 Å². The van der Waals surface area contributed by atoms with Crippen LogP contribution < -0.4 is 5.32 Å². The molecule has 0 aliphatic heterocycles. The van der Waals surface area contributed by atoms with E-state index in [2.05, 4.69) is 60.8 Å². The third-order valence-electron chi connectivity index (χ3n) is 3.59. The lowest BCUT2D eigenvalue weighted by atomic mass is 9.90. The number of halogens is 2. The average Bonchev–Trinajstić information content (AvgIpc) is 2.34. The van der Waals surface area contributed by atoms with E-state index in [0.29, 0.717) is 0 Å². The molecule has 1 atom stereocenters. The van der Waals surface area contributed by atoms with Crippen LogP contribution >= 0.6 is 22.6 Å². The highest BCUT2D eigenvalue weighted by molar-refractivity contribution is 14.1. The van der Waals surface area contributed by atoms with Crippen molar-refractivity contribution in [2.45, 2.75) is 26.8 Å². The molecule has 2 rings (SSSR count). The Hall–Kier alpha value is -0.940. The number of nitrogens with one attached hydrogen (secondary N) is 1. The van der Waals surface area contributed by atoms with Crippen molar-refractivity contribution in [2.24, 2.45) is 0 Å². The van der Waals surface area contributed by atoms with Gasteiger partial charge in [0.25, 0.3) is 0 Å². The molecule has 0 aromatic heterocycles. The van der Waals surface area contributed by atoms with Crippen LogP contribution in [0.2, 0.25) is 0 Å². The maximum atomic E-state index is 13.3. The summed E-state index contributed by atoms with van der Waals surface area (Å²) in [6, 6.07) is 9.46. The standard InChI is InChI=1S/C17H19FIN/c1-10-7-11(2)16(12(3)8-10)17(20-4)14-6-5-13(18)9-15(14)19/h5-9,17,20H,1-4H3. The first-order valence-electron chi connectivity index (χ1n) is 6.64. The summed E-state index contributed by atoms with van der Waals surface area (Å²) >= 11 is 2.20. The smallest absolute Gasteiger partial charge is 0.124 e. The fourth-order valence-corrected chi connectivity index (χ4v) is 3.63. The van der Waals surface area contributed by atoms with Crippen molar-refractivity contribution in [3.63, 3.8) is 0 Å². The molecule has 3 heteroatoms. The van der Waals surface area contributed by atoms with E-state index in [-0.39, 0.29) is 11.9 Å². The van der Waals surface area contributed by atoms with Crippen LogP contribution in [0.15, 0.2) is 30.3 Å². The quantitative estimate of drug-likeness (QED) is 0.760. The monoisotopic (exact) mass is 383 g/mol. The topological polar surface area (TPSA) is 12.0 Å². The van der Waals surface area contributed by atoms with E-state index in [1.807, 2.05) is 13.1 Å². The van der Waals surface area contributed by atoms with E-state index in [4.69, 9.17) is 0 Å². The second kappa shape index (κ2) is 6.22. The number of aryl methyl sites for hydroxylation is 3. The molecule has 0 amide bonds. The Kier molecular flexibility index (Phi) is 4.81. The molecule has 1 unspecified atom stereocenters. The SMILES string of the molecule is CNC(c1ccc(F)cc1I)c1c(C)cc(C)cc1C. The summed E-state index contributed by atoms with van der Waals surface area (Å²) in [5, 5.41) is 3.37. The van der Waals surface area contributed by atoms with Crippen LogP contribution in [-0.2, 0) is 0 Å². The van der Waals surface area contributed by atoms with Gasteiger partial charge in [-0.15, -0.1) is 0 Å². The maximum absolute atomic E-state index is 13.3. The predicted molar refractivity (Wildman–Crippen MR) is 90.7 cm³/mol. The molecule has 20 heavy (non-hydrogen) atoms. The Labute approximate surface area is 133 Å². The Morgan fingerprint density at radius 2 is 1.65 bits per heavy atom. The van der Waals surface area contributed by atoms with E-state index < -0.39 is 0 Å². The van der Waals surface area contributed by atoms with E-state index in [0.717, 1.165) is 9.13 Å². The zero-order valence-electron chi connectivity index (χ0n) is 12.2. The van der Waals surface area contributed by atoms with Crippen LogP contribution in [0.3, 0.4) is 0 Å². The van der Waals surface area contributed by atoms with E-state index >= 15 is 0 Å². The summed E-state index contributed by atoms with van der Waals surface area (Å²) in [5.74, 6) is -0.189. The molecule has 0 spiro atoms. The van der Waals surface area contributed by atoms with Gasteiger partial charge in [0.2, 0.25) is 0 Å². The highest BCUT2D eigenvalue weighted by Gasteiger charge is 2.19. The fourth-order valence-electron chi connectivity index (χ4n) is 2.84. The molecule has 0 saturated heterocycles. The molecule has 0 bridgehead atoms. The van der Waals surface area contributed by atoms with Gasteiger partial charge >= 0.3 is 0 Å². The molecular formula is C17H19FIN. The predicted octanol–water partition coefficient (Wildman–Crippen LogP) is 4.66. The first kappa shape index (κ1) is 15.4. The lowest BCUT2D eigenvalue weighted by Gasteiger charge is -2.23. The Morgan fingerprint density at radius 3 is 2.15 bits per heavy atom. The normalized spacial score (nSPS) is 12.5. The highest BCUT2D eigenvalue weighted by Crippen LogP contribution is 2.31. The molecule has 0 aliphatic carbocycles. The van der Waals surface area contributed by atoms with Crippen LogP contribution in [0, 0.1) is 30.2 Å². The third kappa shape index (κ3) is 3.04. The maximum Gasteiger partial charge on any atom is 0.124 e.